The van der Waals surface area contributed by atoms with Crippen LogP contribution in [0.2, 0.25) is 0 Å². The number of fused-ring (bicyclic) bond motifs is 1. The molecule has 0 aliphatic heterocycles. The van der Waals surface area contributed by atoms with E-state index in [1.807, 2.05) is 13.8 Å². The van der Waals surface area contributed by atoms with E-state index in [1.54, 1.807) is 12.1 Å². The van der Waals surface area contributed by atoms with E-state index in [4.69, 9.17) is 0 Å². The molecule has 1 aliphatic carbocycles. The first kappa shape index (κ1) is 26.0. The SMILES string of the molecule is CC.O=CCn1c(=O)c(C(=O)NC2(CO)CCCCC2)c(O)c2cc(-c3ccc(F)cc3)cnc21. The Bertz CT molecular complexity index is 1260. The zero-order valence-corrected chi connectivity index (χ0v) is 19.9. The molecule has 3 aromatic rings. The monoisotopic (exact) mass is 483 g/mol. The van der Waals surface area contributed by atoms with Crippen LogP contribution in [0.3, 0.4) is 0 Å². The van der Waals surface area contributed by atoms with Gasteiger partial charge in [-0.15, -0.1) is 0 Å². The van der Waals surface area contributed by atoms with Gasteiger partial charge in [-0.2, -0.15) is 0 Å². The van der Waals surface area contributed by atoms with Crippen molar-refractivity contribution in [3.8, 4) is 16.9 Å². The van der Waals surface area contributed by atoms with Crippen LogP contribution in [-0.2, 0) is 11.3 Å². The van der Waals surface area contributed by atoms with E-state index < -0.39 is 34.1 Å². The first-order valence-corrected chi connectivity index (χ1v) is 11.8. The van der Waals surface area contributed by atoms with E-state index in [0.717, 1.165) is 23.8 Å². The number of amides is 1. The van der Waals surface area contributed by atoms with Gasteiger partial charge >= 0.3 is 0 Å². The van der Waals surface area contributed by atoms with Gasteiger partial charge in [-0.05, 0) is 36.6 Å². The van der Waals surface area contributed by atoms with E-state index in [9.17, 15) is 29.0 Å². The number of aromatic nitrogens is 2. The molecule has 0 unspecified atom stereocenters. The topological polar surface area (TPSA) is 122 Å². The molecule has 0 radical (unpaired) electrons. The molecule has 1 aromatic carbocycles. The zero-order chi connectivity index (χ0) is 25.6. The Balaban J connectivity index is 0.00000167. The largest absolute Gasteiger partial charge is 0.506 e. The Kier molecular flexibility index (Phi) is 8.34. The fourth-order valence-corrected chi connectivity index (χ4v) is 4.42. The van der Waals surface area contributed by atoms with Gasteiger partial charge in [0, 0.05) is 11.8 Å². The first-order chi connectivity index (χ1) is 16.9. The van der Waals surface area contributed by atoms with Crippen LogP contribution in [0.15, 0.2) is 41.3 Å². The van der Waals surface area contributed by atoms with E-state index >= 15 is 0 Å². The van der Waals surface area contributed by atoms with Crippen molar-refractivity contribution in [3.05, 3.63) is 58.3 Å². The lowest BCUT2D eigenvalue weighted by Gasteiger charge is -2.36. The van der Waals surface area contributed by atoms with Crippen LogP contribution in [0.4, 0.5) is 4.39 Å². The van der Waals surface area contributed by atoms with Crippen LogP contribution >= 0.6 is 0 Å². The summed E-state index contributed by atoms with van der Waals surface area (Å²) in [6, 6.07) is 7.18. The molecule has 9 heteroatoms. The summed E-state index contributed by atoms with van der Waals surface area (Å²) in [6.45, 7) is 3.36. The van der Waals surface area contributed by atoms with Gasteiger partial charge in [0.25, 0.3) is 11.5 Å². The van der Waals surface area contributed by atoms with Crippen molar-refractivity contribution >= 4 is 23.2 Å². The summed E-state index contributed by atoms with van der Waals surface area (Å²) < 4.78 is 14.3. The quantitative estimate of drug-likeness (QED) is 0.461. The van der Waals surface area contributed by atoms with E-state index in [2.05, 4.69) is 10.3 Å². The molecule has 0 saturated heterocycles. The Morgan fingerprint density at radius 1 is 1.17 bits per heavy atom. The van der Waals surface area contributed by atoms with Crippen molar-refractivity contribution in [3.63, 3.8) is 0 Å². The lowest BCUT2D eigenvalue weighted by molar-refractivity contribution is -0.108. The Labute approximate surface area is 202 Å². The number of hydrogen-bond donors (Lipinski definition) is 3. The van der Waals surface area contributed by atoms with Gasteiger partial charge in [0.1, 0.15) is 29.1 Å². The second kappa shape index (κ2) is 11.2. The fourth-order valence-electron chi connectivity index (χ4n) is 4.42. The van der Waals surface area contributed by atoms with Crippen molar-refractivity contribution in [1.82, 2.24) is 14.9 Å². The molecule has 35 heavy (non-hydrogen) atoms. The molecule has 8 nitrogen and oxygen atoms in total. The second-order valence-electron chi connectivity index (χ2n) is 8.36. The van der Waals surface area contributed by atoms with Gasteiger partial charge in [0.2, 0.25) is 0 Å². The molecule has 0 atom stereocenters. The van der Waals surface area contributed by atoms with Crippen molar-refractivity contribution < 1.29 is 24.2 Å². The van der Waals surface area contributed by atoms with Crippen molar-refractivity contribution in [1.29, 1.82) is 0 Å². The minimum atomic E-state index is -0.868. The van der Waals surface area contributed by atoms with Gasteiger partial charge in [0.15, 0.2) is 0 Å². The molecule has 2 heterocycles. The molecule has 2 aromatic heterocycles. The van der Waals surface area contributed by atoms with Crippen LogP contribution in [0.5, 0.6) is 5.75 Å². The van der Waals surface area contributed by atoms with E-state index in [-0.39, 0.29) is 24.2 Å². The highest BCUT2D eigenvalue weighted by Crippen LogP contribution is 2.32. The van der Waals surface area contributed by atoms with Crippen molar-refractivity contribution in [2.75, 3.05) is 6.61 Å². The summed E-state index contributed by atoms with van der Waals surface area (Å²) in [5, 5.41) is 23.8. The predicted molar refractivity (Wildman–Crippen MR) is 131 cm³/mol. The molecule has 1 fully saturated rings. The minimum Gasteiger partial charge on any atom is -0.506 e. The van der Waals surface area contributed by atoms with Crippen LogP contribution in [0, 0.1) is 5.82 Å². The van der Waals surface area contributed by atoms with Gasteiger partial charge in [-0.25, -0.2) is 9.37 Å². The lowest BCUT2D eigenvalue weighted by atomic mass is 9.82. The molecule has 0 bridgehead atoms. The molecule has 0 spiro atoms. The molecule has 1 saturated carbocycles. The van der Waals surface area contributed by atoms with Gasteiger partial charge in [-0.1, -0.05) is 45.2 Å². The smallest absolute Gasteiger partial charge is 0.269 e. The van der Waals surface area contributed by atoms with E-state index in [0.29, 0.717) is 30.3 Å². The molecule has 186 valence electrons. The van der Waals surface area contributed by atoms with Crippen LogP contribution in [0.1, 0.15) is 56.3 Å². The minimum absolute atomic E-state index is 0.0431. The summed E-state index contributed by atoms with van der Waals surface area (Å²) in [5.41, 5.74) is -1.05. The average Bonchev–Trinajstić information content (AvgIpc) is 2.88. The predicted octanol–water partition coefficient (Wildman–Crippen LogP) is 3.56. The summed E-state index contributed by atoms with van der Waals surface area (Å²) in [5.74, 6) is -1.79. The number of aldehydes is 1. The highest BCUT2D eigenvalue weighted by molar-refractivity contribution is 6.02. The number of hydrogen-bond acceptors (Lipinski definition) is 6. The normalized spacial score (nSPS) is 14.6. The number of rotatable bonds is 6. The maximum Gasteiger partial charge on any atom is 0.269 e. The molecular weight excluding hydrogens is 453 g/mol. The van der Waals surface area contributed by atoms with Crippen LogP contribution in [0.25, 0.3) is 22.2 Å². The Morgan fingerprint density at radius 3 is 2.43 bits per heavy atom. The van der Waals surface area contributed by atoms with Crippen molar-refractivity contribution in [2.24, 2.45) is 0 Å². The highest BCUT2D eigenvalue weighted by Gasteiger charge is 2.35. The summed E-state index contributed by atoms with van der Waals surface area (Å²) >= 11 is 0. The molecule has 1 aliphatic rings. The Hall–Kier alpha value is -3.59. The highest BCUT2D eigenvalue weighted by atomic mass is 19.1. The Morgan fingerprint density at radius 2 is 1.83 bits per heavy atom. The van der Waals surface area contributed by atoms with Gasteiger partial charge in [-0.3, -0.25) is 14.2 Å². The molecule has 3 N–H and O–H groups in total. The standard InChI is InChI=1S/C24H24FN3O5.C2H6/c25-17-6-4-15(5-7-17)16-12-18-20(31)19(23(33)28(10-11-29)21(18)26-13-16)22(32)27-24(14-30)8-2-1-3-9-24;1-2/h4-7,11-13,30-31H,1-3,8-10,14H2,(H,27,32);1-2H3. The third-order valence-electron chi connectivity index (χ3n) is 6.23. The molecular formula is C26H30FN3O5. The molecule has 1 amide bonds. The maximum atomic E-state index is 13.3. The zero-order valence-electron chi connectivity index (χ0n) is 19.9. The maximum absolute atomic E-state index is 13.3. The number of nitrogens with zero attached hydrogens (tertiary/aromatic N) is 2. The fraction of sp³-hybridized carbons (Fsp3) is 0.385. The third-order valence-corrected chi connectivity index (χ3v) is 6.23. The molecule has 4 rings (SSSR count). The lowest BCUT2D eigenvalue weighted by Crippen LogP contribution is -2.53. The van der Waals surface area contributed by atoms with Gasteiger partial charge < -0.3 is 20.3 Å². The van der Waals surface area contributed by atoms with E-state index in [1.165, 1.54) is 24.4 Å². The van der Waals surface area contributed by atoms with Crippen molar-refractivity contribution in [2.45, 2.75) is 58.0 Å². The van der Waals surface area contributed by atoms with Crippen LogP contribution < -0.4 is 10.9 Å². The number of aromatic hydroxyl groups is 1. The third kappa shape index (κ3) is 5.24. The van der Waals surface area contributed by atoms with Crippen LogP contribution in [-0.4, -0.2) is 44.1 Å². The first-order valence-electron chi connectivity index (χ1n) is 11.8. The number of carbonyl (C=O) groups is 2. The summed E-state index contributed by atoms with van der Waals surface area (Å²) in [7, 11) is 0. The summed E-state index contributed by atoms with van der Waals surface area (Å²) in [6.07, 6.45) is 5.70. The second-order valence-corrected chi connectivity index (χ2v) is 8.36. The number of aliphatic hydroxyl groups excluding tert-OH is 1. The number of pyridine rings is 2. The number of nitrogens with one attached hydrogen (secondary N) is 1. The number of aliphatic hydroxyl groups is 1. The number of halogens is 1. The number of benzene rings is 1. The number of carbonyl (C=O) groups excluding carboxylic acids is 2. The summed E-state index contributed by atoms with van der Waals surface area (Å²) in [4.78, 5) is 41.8. The van der Waals surface area contributed by atoms with Gasteiger partial charge in [0.05, 0.1) is 24.1 Å². The average molecular weight is 484 g/mol.